The van der Waals surface area contributed by atoms with Crippen LogP contribution >= 0.6 is 31.3 Å². The number of rotatable bonds is 23. The van der Waals surface area contributed by atoms with Gasteiger partial charge in [-0.25, -0.2) is 42.8 Å². The Morgan fingerprint density at radius 3 is 1.96 bits per heavy atom. The highest BCUT2D eigenvalue weighted by Crippen LogP contribution is 2.68. The number of aryl methyl sites for hydroxylation is 1. The van der Waals surface area contributed by atoms with E-state index in [2.05, 4.69) is 59.1 Å². The summed E-state index contributed by atoms with van der Waals surface area (Å²) in [7, 11) is -21.4. The second-order valence-corrected chi connectivity index (χ2v) is 26.3. The highest BCUT2D eigenvalue weighted by atomic mass is 31.3. The van der Waals surface area contributed by atoms with Gasteiger partial charge >= 0.3 is 36.9 Å². The summed E-state index contributed by atoms with van der Waals surface area (Å²) < 4.78 is 111. The Hall–Kier alpha value is -6.59. The molecular weight excluding hydrogens is 1280 g/mol. The van der Waals surface area contributed by atoms with Gasteiger partial charge in [-0.2, -0.15) is 23.2 Å². The van der Waals surface area contributed by atoms with Gasteiger partial charge in [0.25, 0.3) is 22.6 Å². The lowest BCUT2D eigenvalue weighted by atomic mass is 10.1. The second kappa shape index (κ2) is 25.2. The van der Waals surface area contributed by atoms with Gasteiger partial charge in [0.15, 0.2) is 40.6 Å². The average molecular weight is 1330 g/mol. The van der Waals surface area contributed by atoms with Crippen molar-refractivity contribution in [2.24, 2.45) is 13.0 Å². The van der Waals surface area contributed by atoms with Crippen molar-refractivity contribution in [1.82, 2.24) is 53.6 Å². The maximum atomic E-state index is 14.1. The van der Waals surface area contributed by atoms with Crippen LogP contribution in [0.2, 0.25) is 0 Å². The first-order chi connectivity index (χ1) is 41.8. The van der Waals surface area contributed by atoms with Gasteiger partial charge in [-0.3, -0.25) is 61.7 Å². The van der Waals surface area contributed by atoms with E-state index in [9.17, 15) is 77.4 Å². The van der Waals surface area contributed by atoms with Crippen LogP contribution in [0.1, 0.15) is 49.8 Å². The monoisotopic (exact) mass is 1330 g/mol. The molecule has 89 heavy (non-hydrogen) atoms. The number of anilines is 3. The Morgan fingerprint density at radius 1 is 0.708 bits per heavy atom. The summed E-state index contributed by atoms with van der Waals surface area (Å²) >= 11 is 0. The Labute approximate surface area is 496 Å². The number of hydrogen-bond acceptors (Lipinski definition) is 29. The van der Waals surface area contributed by atoms with Crippen molar-refractivity contribution < 1.29 is 118 Å². The summed E-state index contributed by atoms with van der Waals surface area (Å²) in [6.45, 7) is 1.90. The Kier molecular flexibility index (Phi) is 18.5. The molecule has 14 N–H and O–H groups in total. The first-order valence-electron chi connectivity index (χ1n) is 26.0. The van der Waals surface area contributed by atoms with E-state index in [1.165, 1.54) is 34.6 Å². The number of nitrogens with zero attached hydrogens (tertiary/aromatic N) is 10. The fraction of sp³-hybridized carbons (Fsp3) is 0.477. The number of H-pyrrole nitrogens is 2. The lowest BCUT2D eigenvalue weighted by molar-refractivity contribution is -0.646. The molecule has 17 atom stereocenters. The lowest BCUT2D eigenvalue weighted by Gasteiger charge is -2.29. The number of ether oxygens (including phenoxy) is 4. The predicted molar refractivity (Wildman–Crippen MR) is 293 cm³/mol. The van der Waals surface area contributed by atoms with Crippen LogP contribution in [0.25, 0.3) is 33.5 Å². The minimum Gasteiger partial charge on any atom is -0.387 e. The number of aliphatic hydroxyl groups is 4. The summed E-state index contributed by atoms with van der Waals surface area (Å²) in [5.74, 6) is -2.36. The highest BCUT2D eigenvalue weighted by Gasteiger charge is 2.56. The summed E-state index contributed by atoms with van der Waals surface area (Å²) in [4.78, 5) is 124. The van der Waals surface area contributed by atoms with E-state index in [1.807, 2.05) is 0 Å². The topological polar surface area (TPSA) is 568 Å². The van der Waals surface area contributed by atoms with Crippen molar-refractivity contribution in [3.63, 3.8) is 0 Å². The van der Waals surface area contributed by atoms with Crippen molar-refractivity contribution in [2.45, 2.75) is 100 Å². The van der Waals surface area contributed by atoms with Crippen LogP contribution in [0.15, 0.2) is 65.2 Å². The minimum atomic E-state index is -6.30. The fourth-order valence-electron chi connectivity index (χ4n) is 9.73. The quantitative estimate of drug-likeness (QED) is 0.0252. The van der Waals surface area contributed by atoms with E-state index in [0.717, 1.165) is 42.1 Å². The molecule has 10 rings (SSSR count). The molecule has 0 saturated carbocycles. The molecule has 0 radical (unpaired) electrons. The van der Waals surface area contributed by atoms with Gasteiger partial charge in [0.1, 0.15) is 61.3 Å². The normalized spacial score (nSPS) is 27.8. The van der Waals surface area contributed by atoms with E-state index in [4.69, 9.17) is 42.8 Å². The molecule has 3 saturated heterocycles. The zero-order valence-electron chi connectivity index (χ0n) is 46.5. The number of amides is 2. The molecule has 3 aliphatic heterocycles. The largest absolute Gasteiger partial charge is 0.490 e. The lowest BCUT2D eigenvalue weighted by Crippen LogP contribution is -2.41. The minimum absolute atomic E-state index is 0.0368. The zero-order valence-corrected chi connectivity index (χ0v) is 50.0. The standard InChI is InChI=1S/C44H55N15O26P4/c1-17(2)36(64)54-44-52-34-23(38(66)55-44)49-15-58(34)40-27(62)25(60)20(79-40)11-77-86(68,69)83-30-29(81-42(31(30)76-5)57-14-48-22-32(46-13-47-33(22)57)50-37(65)19-9-7-6-8-10-19)18(3)82-88(72,73)85-89(74,75)84-87(70,71)78-12-21-26(61)28(63)41(80-21)59-16-56(4)24-35(59)51-43(45)53-39(24)67/h6-10,13-18,20-21,25-31,40-42,60-63H,11-12H2,1-5H3,(H9-,45,46,47,50,51,52,53,54,55,64,65,66,67,68,69,70,71,72,73,74,75)/p+1/t18-,20+,21+,25+,26+,27+,28+,29?,30+,31+,40+,41+,42+/m0/s1. The number of carbonyl (C=O) groups excluding carboxylic acids is 2. The Morgan fingerprint density at radius 2 is 1.31 bits per heavy atom. The molecule has 2 amide bonds. The van der Waals surface area contributed by atoms with Crippen molar-refractivity contribution in [3.05, 3.63) is 81.9 Å². The van der Waals surface area contributed by atoms with E-state index >= 15 is 0 Å². The number of hydrogen-bond donors (Lipinski definition) is 13. The number of phosphoric ester groups is 3. The molecule has 5 unspecified atom stereocenters. The number of methoxy groups -OCH3 is 1. The van der Waals surface area contributed by atoms with Gasteiger partial charge < -0.3 is 70.0 Å². The highest BCUT2D eigenvalue weighted by molar-refractivity contribution is 7.66. The molecule has 3 aliphatic rings. The van der Waals surface area contributed by atoms with Gasteiger partial charge in [-0.1, -0.05) is 32.0 Å². The van der Waals surface area contributed by atoms with Crippen LogP contribution in [0.5, 0.6) is 0 Å². The Balaban J connectivity index is 0.851. The molecule has 0 spiro atoms. The van der Waals surface area contributed by atoms with Gasteiger partial charge in [0.05, 0.1) is 39.0 Å². The number of carbonyl (C=O) groups is 2. The number of phosphoric acid groups is 4. The van der Waals surface area contributed by atoms with E-state index in [1.54, 1.807) is 32.0 Å². The average Bonchev–Trinajstić information content (AvgIpc) is 1.68. The van der Waals surface area contributed by atoms with Crippen LogP contribution in [0, 0.1) is 5.92 Å². The summed E-state index contributed by atoms with van der Waals surface area (Å²) in [5.41, 5.74) is 3.66. The Bertz CT molecular complexity index is 4150. The molecule has 1 aromatic carbocycles. The number of aromatic nitrogens is 12. The zero-order chi connectivity index (χ0) is 64.4. The number of nitrogens with two attached hydrogens (primary N) is 1. The fourth-order valence-corrected chi connectivity index (χ4v) is 14.4. The van der Waals surface area contributed by atoms with Crippen LogP contribution in [0.3, 0.4) is 0 Å². The first-order valence-corrected chi connectivity index (χ1v) is 32.0. The predicted octanol–water partition coefficient (Wildman–Crippen LogP) is -1.64. The third-order valence-electron chi connectivity index (χ3n) is 13.8. The van der Waals surface area contributed by atoms with Crippen LogP contribution in [-0.2, 0) is 75.8 Å². The van der Waals surface area contributed by atoms with Gasteiger partial charge in [-0.05, 0) is 19.1 Å². The smallest absolute Gasteiger partial charge is 0.387 e. The molecular formula is C44H56N15O26P4+. The summed E-state index contributed by atoms with van der Waals surface area (Å²) in [6, 6.07) is 7.97. The van der Waals surface area contributed by atoms with Crippen LogP contribution in [0.4, 0.5) is 17.7 Å². The van der Waals surface area contributed by atoms with E-state index in [0.29, 0.717) is 0 Å². The molecule has 45 heteroatoms. The molecule has 9 heterocycles. The van der Waals surface area contributed by atoms with Crippen LogP contribution < -0.4 is 32.1 Å². The van der Waals surface area contributed by atoms with E-state index < -0.39 is 153 Å². The molecule has 482 valence electrons. The van der Waals surface area contributed by atoms with Crippen LogP contribution in [-0.4, -0.2) is 187 Å². The molecule has 0 aliphatic carbocycles. The number of imidazole rings is 3. The molecule has 6 aromatic heterocycles. The van der Waals surface area contributed by atoms with E-state index in [-0.39, 0.29) is 56.8 Å². The third kappa shape index (κ3) is 13.7. The maximum absolute atomic E-state index is 14.1. The van der Waals surface area contributed by atoms with Gasteiger partial charge in [0.2, 0.25) is 30.4 Å². The van der Waals surface area contributed by atoms with Gasteiger partial charge in [0, 0.05) is 18.6 Å². The SMILES string of the molecule is CO[C@@H]1[C@H](OP(=O)(O)OC[C@H]2O[C@@H](n3cnc4c(=O)[nH]c(NC(=O)C(C)C)nc43)[C@H](O)[C@@H]2O)C([C@H](C)OP(=O)(O)OP(=O)(O)OP(=O)(O)OC[C@H]2O[C@@H](n3c[n+](C)c4c(=O)[nH]c(N)nc43)[C@H](O)[C@@H]2O)O[C@H]1n1cnc2c(NC(=O)c3ccccc3)ncnc21. The number of nitrogen functional groups attached to an aromatic ring is 1. The number of benzene rings is 1. The number of fused-ring (bicyclic) bond motifs is 3. The van der Waals surface area contributed by atoms with Crippen molar-refractivity contribution in [2.75, 3.05) is 36.7 Å². The molecule has 0 bridgehead atoms. The van der Waals surface area contributed by atoms with Gasteiger partial charge in [-0.15, -0.1) is 0 Å². The van der Waals surface area contributed by atoms with Crippen molar-refractivity contribution in [3.8, 4) is 0 Å². The third-order valence-corrected chi connectivity index (χ3v) is 19.2. The second-order valence-electron chi connectivity index (χ2n) is 20.3. The first kappa shape index (κ1) is 65.4. The molecule has 41 nitrogen and oxygen atoms in total. The molecule has 3 fully saturated rings. The number of aliphatic hydroxyl groups excluding tert-OH is 4. The maximum Gasteiger partial charge on any atom is 0.490 e. The van der Waals surface area contributed by atoms with Crippen molar-refractivity contribution >= 4 is 94.3 Å². The summed E-state index contributed by atoms with van der Waals surface area (Å²) in [5, 5.41) is 49.0. The summed E-state index contributed by atoms with van der Waals surface area (Å²) in [6.07, 6.45) is -18.8. The van der Waals surface area contributed by atoms with Crippen molar-refractivity contribution in [1.29, 1.82) is 0 Å². The number of nitrogens with one attached hydrogen (secondary N) is 4. The number of aromatic amines is 2. The molecule has 7 aromatic rings.